The Kier molecular flexibility index (Phi) is 7.34. The molecule has 162 valence electrons. The Morgan fingerprint density at radius 2 is 1.70 bits per heavy atom. The minimum Gasteiger partial charge on any atom is -0.493 e. The van der Waals surface area contributed by atoms with E-state index < -0.39 is 6.10 Å². The number of Topliss-reactive ketones (excluding diaryl/α,β-unsaturated/α-hetero) is 1. The Hall–Kier alpha value is -2.57. The van der Waals surface area contributed by atoms with Crippen LogP contribution in [0, 0.1) is 13.8 Å². The molecular weight excluding hydrogens is 380 g/mol. The number of β-amino-alcohol motifs (C(OH)–C–C–N with tert-alkyl or cyclic N) is 1. The van der Waals surface area contributed by atoms with E-state index in [0.29, 0.717) is 23.6 Å². The number of piperazine rings is 1. The van der Waals surface area contributed by atoms with Crippen molar-refractivity contribution in [3.05, 3.63) is 53.1 Å². The SMILES string of the molecule is COc1cc(C(C)=O)ccc1OC[C@H](O)CN1CCN(c2cc(C)cc(C)c2)CC1. The van der Waals surface area contributed by atoms with Crippen LogP contribution in [0.15, 0.2) is 36.4 Å². The first-order valence-electron chi connectivity index (χ1n) is 10.4. The Labute approximate surface area is 179 Å². The highest BCUT2D eigenvalue weighted by Crippen LogP contribution is 2.28. The van der Waals surface area contributed by atoms with Crippen LogP contribution in [0.3, 0.4) is 0 Å². The van der Waals surface area contributed by atoms with Gasteiger partial charge in [0.1, 0.15) is 12.7 Å². The molecule has 2 aromatic rings. The Balaban J connectivity index is 1.48. The summed E-state index contributed by atoms with van der Waals surface area (Å²) in [5, 5.41) is 10.4. The lowest BCUT2D eigenvalue weighted by Crippen LogP contribution is -2.49. The smallest absolute Gasteiger partial charge is 0.161 e. The minimum absolute atomic E-state index is 0.0279. The van der Waals surface area contributed by atoms with Gasteiger partial charge in [-0.05, 0) is 62.2 Å². The lowest BCUT2D eigenvalue weighted by atomic mass is 10.1. The quantitative estimate of drug-likeness (QED) is 0.673. The molecule has 0 bridgehead atoms. The molecule has 0 aliphatic carbocycles. The number of aryl methyl sites for hydroxylation is 2. The number of anilines is 1. The summed E-state index contributed by atoms with van der Waals surface area (Å²) in [5.41, 5.74) is 4.41. The van der Waals surface area contributed by atoms with Crippen LogP contribution in [0.1, 0.15) is 28.4 Å². The summed E-state index contributed by atoms with van der Waals surface area (Å²) in [5.74, 6) is 0.998. The zero-order valence-corrected chi connectivity index (χ0v) is 18.4. The predicted octanol–water partition coefficient (Wildman–Crippen LogP) is 3.08. The minimum atomic E-state index is -0.602. The first-order valence-corrected chi connectivity index (χ1v) is 10.4. The van der Waals surface area contributed by atoms with Gasteiger partial charge in [0, 0.05) is 44.0 Å². The second-order valence-corrected chi connectivity index (χ2v) is 8.02. The molecule has 0 saturated carbocycles. The van der Waals surface area contributed by atoms with E-state index in [4.69, 9.17) is 9.47 Å². The number of aliphatic hydroxyl groups is 1. The number of methoxy groups -OCH3 is 1. The van der Waals surface area contributed by atoms with Gasteiger partial charge in [-0.15, -0.1) is 0 Å². The average Bonchev–Trinajstić information content (AvgIpc) is 2.71. The maximum absolute atomic E-state index is 11.5. The van der Waals surface area contributed by atoms with Crippen LogP contribution in [-0.4, -0.2) is 68.3 Å². The number of aliphatic hydroxyl groups excluding tert-OH is 1. The first-order chi connectivity index (χ1) is 14.4. The monoisotopic (exact) mass is 412 g/mol. The summed E-state index contributed by atoms with van der Waals surface area (Å²) in [6.45, 7) is 10.2. The van der Waals surface area contributed by atoms with Gasteiger partial charge < -0.3 is 19.5 Å². The van der Waals surface area contributed by atoms with E-state index in [-0.39, 0.29) is 12.4 Å². The largest absolute Gasteiger partial charge is 0.493 e. The molecule has 0 amide bonds. The molecule has 3 rings (SSSR count). The summed E-state index contributed by atoms with van der Waals surface area (Å²) in [7, 11) is 1.54. The fourth-order valence-corrected chi connectivity index (χ4v) is 3.86. The summed E-state index contributed by atoms with van der Waals surface area (Å²) < 4.78 is 11.1. The van der Waals surface area contributed by atoms with Crippen molar-refractivity contribution in [2.45, 2.75) is 26.9 Å². The number of ether oxygens (including phenoxy) is 2. The zero-order chi connectivity index (χ0) is 21.7. The second kappa shape index (κ2) is 9.96. The summed E-state index contributed by atoms with van der Waals surface area (Å²) in [6, 6.07) is 11.7. The highest BCUT2D eigenvalue weighted by atomic mass is 16.5. The fourth-order valence-electron chi connectivity index (χ4n) is 3.86. The zero-order valence-electron chi connectivity index (χ0n) is 18.4. The van der Waals surface area contributed by atoms with Crippen LogP contribution < -0.4 is 14.4 Å². The molecule has 1 heterocycles. The van der Waals surface area contributed by atoms with Crippen molar-refractivity contribution in [2.75, 3.05) is 51.3 Å². The Bertz CT molecular complexity index is 855. The van der Waals surface area contributed by atoms with Crippen molar-refractivity contribution in [1.82, 2.24) is 4.90 Å². The molecule has 0 unspecified atom stereocenters. The van der Waals surface area contributed by atoms with Crippen LogP contribution in [0.5, 0.6) is 11.5 Å². The van der Waals surface area contributed by atoms with Gasteiger partial charge >= 0.3 is 0 Å². The summed E-state index contributed by atoms with van der Waals surface area (Å²) >= 11 is 0. The third-order valence-electron chi connectivity index (χ3n) is 5.41. The maximum Gasteiger partial charge on any atom is 0.161 e. The van der Waals surface area contributed by atoms with E-state index >= 15 is 0 Å². The Morgan fingerprint density at radius 1 is 1.03 bits per heavy atom. The van der Waals surface area contributed by atoms with Gasteiger partial charge in [0.05, 0.1) is 7.11 Å². The molecule has 1 aliphatic rings. The highest BCUT2D eigenvalue weighted by Gasteiger charge is 2.20. The number of carbonyl (C=O) groups excluding carboxylic acids is 1. The van der Waals surface area contributed by atoms with Crippen LogP contribution in [0.4, 0.5) is 5.69 Å². The molecule has 6 nitrogen and oxygen atoms in total. The molecular formula is C24H32N2O4. The summed E-state index contributed by atoms with van der Waals surface area (Å²) in [4.78, 5) is 16.2. The van der Waals surface area contributed by atoms with E-state index in [1.54, 1.807) is 18.2 Å². The average molecular weight is 413 g/mol. The van der Waals surface area contributed by atoms with Gasteiger partial charge in [-0.25, -0.2) is 0 Å². The number of benzene rings is 2. The van der Waals surface area contributed by atoms with Gasteiger partial charge in [0.15, 0.2) is 17.3 Å². The molecule has 1 fully saturated rings. The topological polar surface area (TPSA) is 62.2 Å². The van der Waals surface area contributed by atoms with Crippen LogP contribution >= 0.6 is 0 Å². The standard InChI is InChI=1S/C24H32N2O4/c1-17-11-18(2)13-21(12-17)26-9-7-25(8-10-26)15-22(28)16-30-23-6-5-20(19(3)27)14-24(23)29-4/h5-6,11-14,22,28H,7-10,15-16H2,1-4H3/t22-/m1/s1. The van der Waals surface area contributed by atoms with Crippen molar-refractivity contribution >= 4 is 11.5 Å². The van der Waals surface area contributed by atoms with Gasteiger partial charge in [0.25, 0.3) is 0 Å². The number of hydrogen-bond acceptors (Lipinski definition) is 6. The van der Waals surface area contributed by atoms with Crippen molar-refractivity contribution in [3.63, 3.8) is 0 Å². The molecule has 1 N–H and O–H groups in total. The molecule has 30 heavy (non-hydrogen) atoms. The second-order valence-electron chi connectivity index (χ2n) is 8.02. The van der Waals surface area contributed by atoms with E-state index in [9.17, 15) is 9.90 Å². The van der Waals surface area contributed by atoms with Gasteiger partial charge in [-0.2, -0.15) is 0 Å². The summed E-state index contributed by atoms with van der Waals surface area (Å²) in [6.07, 6.45) is -0.602. The maximum atomic E-state index is 11.5. The molecule has 1 saturated heterocycles. The van der Waals surface area contributed by atoms with Gasteiger partial charge in [-0.1, -0.05) is 6.07 Å². The van der Waals surface area contributed by atoms with E-state index in [0.717, 1.165) is 26.2 Å². The number of nitrogens with zero attached hydrogens (tertiary/aromatic N) is 2. The fraction of sp³-hybridized carbons (Fsp3) is 0.458. The van der Waals surface area contributed by atoms with Crippen molar-refractivity contribution in [3.8, 4) is 11.5 Å². The number of ketones is 1. The lowest BCUT2D eigenvalue weighted by Gasteiger charge is -2.37. The molecule has 6 heteroatoms. The van der Waals surface area contributed by atoms with E-state index in [1.165, 1.54) is 30.8 Å². The highest BCUT2D eigenvalue weighted by molar-refractivity contribution is 5.94. The van der Waals surface area contributed by atoms with Crippen LogP contribution in [-0.2, 0) is 0 Å². The number of hydrogen-bond donors (Lipinski definition) is 1. The molecule has 0 spiro atoms. The Morgan fingerprint density at radius 3 is 2.30 bits per heavy atom. The molecule has 0 aromatic heterocycles. The van der Waals surface area contributed by atoms with Crippen LogP contribution in [0.2, 0.25) is 0 Å². The van der Waals surface area contributed by atoms with E-state index in [1.807, 2.05) is 0 Å². The third-order valence-corrected chi connectivity index (χ3v) is 5.41. The van der Waals surface area contributed by atoms with E-state index in [2.05, 4.69) is 41.8 Å². The lowest BCUT2D eigenvalue weighted by molar-refractivity contribution is 0.0653. The molecule has 1 atom stereocenters. The third kappa shape index (κ3) is 5.74. The van der Waals surface area contributed by atoms with Gasteiger partial charge in [0.2, 0.25) is 0 Å². The van der Waals surface area contributed by atoms with Crippen LogP contribution in [0.25, 0.3) is 0 Å². The number of rotatable bonds is 8. The molecule has 1 aliphatic heterocycles. The first kappa shape index (κ1) is 22.1. The molecule has 2 aromatic carbocycles. The predicted molar refractivity (Wildman–Crippen MR) is 119 cm³/mol. The van der Waals surface area contributed by atoms with Crippen molar-refractivity contribution < 1.29 is 19.4 Å². The molecule has 0 radical (unpaired) electrons. The van der Waals surface area contributed by atoms with Crippen molar-refractivity contribution in [1.29, 1.82) is 0 Å². The number of carbonyl (C=O) groups is 1. The normalized spacial score (nSPS) is 15.7. The van der Waals surface area contributed by atoms with Crippen molar-refractivity contribution in [2.24, 2.45) is 0 Å². The van der Waals surface area contributed by atoms with Gasteiger partial charge in [-0.3, -0.25) is 9.69 Å².